The first-order valence-corrected chi connectivity index (χ1v) is 10.3. The molecule has 0 aliphatic carbocycles. The van der Waals surface area contributed by atoms with Gasteiger partial charge in [0, 0.05) is 12.1 Å². The zero-order valence-corrected chi connectivity index (χ0v) is 17.4. The van der Waals surface area contributed by atoms with Gasteiger partial charge in [0.15, 0.2) is 0 Å². The molecule has 1 fully saturated rings. The van der Waals surface area contributed by atoms with E-state index in [0.29, 0.717) is 13.0 Å². The van der Waals surface area contributed by atoms with Crippen LogP contribution < -0.4 is 10.1 Å². The van der Waals surface area contributed by atoms with Crippen molar-refractivity contribution in [2.75, 3.05) is 20.8 Å². The Balaban J connectivity index is 1.99. The second kappa shape index (κ2) is 8.72. The van der Waals surface area contributed by atoms with Gasteiger partial charge in [-0.25, -0.2) is 0 Å². The molecule has 4 nitrogen and oxygen atoms in total. The zero-order valence-electron chi connectivity index (χ0n) is 17.4. The first-order chi connectivity index (χ1) is 14.7. The topological polar surface area (TPSA) is 47.6 Å². The zero-order chi connectivity index (χ0) is 21.0. The number of benzene rings is 3. The molecule has 4 heteroatoms. The van der Waals surface area contributed by atoms with Crippen LogP contribution in [0, 0.1) is 5.92 Å². The average Bonchev–Trinajstić information content (AvgIpc) is 3.31. The summed E-state index contributed by atoms with van der Waals surface area (Å²) in [5.74, 6) is 0.752. The lowest BCUT2D eigenvalue weighted by atomic mass is 9.61. The van der Waals surface area contributed by atoms with E-state index < -0.39 is 5.41 Å². The van der Waals surface area contributed by atoms with Crippen molar-refractivity contribution in [1.29, 1.82) is 0 Å². The fraction of sp³-hybridized carbons (Fsp3) is 0.269. The first-order valence-electron chi connectivity index (χ1n) is 10.3. The summed E-state index contributed by atoms with van der Waals surface area (Å²) in [7, 11) is 3.16. The number of hydrogen-bond acceptors (Lipinski definition) is 4. The van der Waals surface area contributed by atoms with Gasteiger partial charge in [-0.3, -0.25) is 4.79 Å². The predicted molar refractivity (Wildman–Crippen MR) is 118 cm³/mol. The molecule has 0 unspecified atom stereocenters. The summed E-state index contributed by atoms with van der Waals surface area (Å²) in [6.07, 6.45) is 0.675. The SMILES string of the molecule is COC(=O)[C@H]1C[C@H](C(c2ccccc2)(c2ccccc2)c2ccccc2OC)CN1. The number of carbonyl (C=O) groups excluding carboxylic acids is 1. The fourth-order valence-electron chi connectivity index (χ4n) is 4.93. The van der Waals surface area contributed by atoms with E-state index in [1.807, 2.05) is 24.3 Å². The summed E-state index contributed by atoms with van der Waals surface area (Å²) in [5, 5.41) is 3.39. The number of hydrogen-bond donors (Lipinski definition) is 1. The minimum atomic E-state index is -0.481. The third kappa shape index (κ3) is 3.37. The number of nitrogens with one attached hydrogen (secondary N) is 1. The smallest absolute Gasteiger partial charge is 0.322 e. The number of esters is 1. The molecule has 0 amide bonds. The number of carbonyl (C=O) groups is 1. The fourth-order valence-corrected chi connectivity index (χ4v) is 4.93. The molecule has 4 rings (SSSR count). The summed E-state index contributed by atoms with van der Waals surface area (Å²) < 4.78 is 10.9. The van der Waals surface area contributed by atoms with Crippen LogP contribution in [0.5, 0.6) is 5.75 Å². The van der Waals surface area contributed by atoms with Crippen molar-refractivity contribution in [3.8, 4) is 5.75 Å². The summed E-state index contributed by atoms with van der Waals surface area (Å²) in [6.45, 7) is 0.696. The van der Waals surface area contributed by atoms with Crippen molar-refractivity contribution in [2.45, 2.75) is 17.9 Å². The molecular formula is C26H27NO3. The van der Waals surface area contributed by atoms with Gasteiger partial charge in [-0.1, -0.05) is 78.9 Å². The van der Waals surface area contributed by atoms with Crippen LogP contribution in [0.3, 0.4) is 0 Å². The Hall–Kier alpha value is -3.11. The first kappa shape index (κ1) is 20.2. The molecule has 30 heavy (non-hydrogen) atoms. The number of rotatable bonds is 6. The van der Waals surface area contributed by atoms with Gasteiger partial charge in [0.25, 0.3) is 0 Å². The maximum atomic E-state index is 12.3. The van der Waals surface area contributed by atoms with E-state index >= 15 is 0 Å². The Morgan fingerprint density at radius 1 is 0.867 bits per heavy atom. The Kier molecular flexibility index (Phi) is 5.86. The van der Waals surface area contributed by atoms with Crippen LogP contribution >= 0.6 is 0 Å². The van der Waals surface area contributed by atoms with E-state index in [9.17, 15) is 4.79 Å². The van der Waals surface area contributed by atoms with Crippen molar-refractivity contribution in [1.82, 2.24) is 5.32 Å². The van der Waals surface area contributed by atoms with Crippen molar-refractivity contribution in [3.63, 3.8) is 0 Å². The molecule has 3 aromatic rings. The molecule has 1 aliphatic rings. The highest BCUT2D eigenvalue weighted by molar-refractivity contribution is 5.76. The van der Waals surface area contributed by atoms with Crippen LogP contribution in [0.25, 0.3) is 0 Å². The molecule has 1 aliphatic heterocycles. The molecule has 0 spiro atoms. The van der Waals surface area contributed by atoms with Gasteiger partial charge < -0.3 is 14.8 Å². The molecule has 0 saturated carbocycles. The van der Waals surface area contributed by atoms with Crippen LogP contribution in [-0.4, -0.2) is 32.8 Å². The lowest BCUT2D eigenvalue weighted by Crippen LogP contribution is -2.39. The largest absolute Gasteiger partial charge is 0.496 e. The normalized spacial score (nSPS) is 18.7. The summed E-state index contributed by atoms with van der Waals surface area (Å²) in [4.78, 5) is 12.3. The Morgan fingerprint density at radius 2 is 1.43 bits per heavy atom. The number of ether oxygens (including phenoxy) is 2. The van der Waals surface area contributed by atoms with Crippen LogP contribution in [0.1, 0.15) is 23.1 Å². The van der Waals surface area contributed by atoms with Crippen LogP contribution in [-0.2, 0) is 14.9 Å². The van der Waals surface area contributed by atoms with Crippen molar-refractivity contribution in [3.05, 3.63) is 102 Å². The Bertz CT molecular complexity index is 948. The van der Waals surface area contributed by atoms with E-state index in [0.717, 1.165) is 11.3 Å². The molecule has 2 atom stereocenters. The third-order valence-electron chi connectivity index (χ3n) is 6.22. The van der Waals surface area contributed by atoms with E-state index in [1.54, 1.807) is 7.11 Å². The maximum Gasteiger partial charge on any atom is 0.322 e. The van der Waals surface area contributed by atoms with E-state index in [1.165, 1.54) is 18.2 Å². The Morgan fingerprint density at radius 3 is 2.00 bits per heavy atom. The van der Waals surface area contributed by atoms with Crippen LogP contribution in [0.15, 0.2) is 84.9 Å². The van der Waals surface area contributed by atoms with Crippen molar-refractivity contribution < 1.29 is 14.3 Å². The summed E-state index contributed by atoms with van der Waals surface area (Å²) in [5.41, 5.74) is 2.98. The minimum Gasteiger partial charge on any atom is -0.496 e. The van der Waals surface area contributed by atoms with Gasteiger partial charge in [-0.15, -0.1) is 0 Å². The molecule has 0 bridgehead atoms. The third-order valence-corrected chi connectivity index (χ3v) is 6.22. The number of para-hydroxylation sites is 1. The van der Waals surface area contributed by atoms with Gasteiger partial charge in [-0.2, -0.15) is 0 Å². The molecule has 3 aromatic carbocycles. The molecule has 1 heterocycles. The van der Waals surface area contributed by atoms with Gasteiger partial charge >= 0.3 is 5.97 Å². The Labute approximate surface area is 177 Å². The molecule has 1 N–H and O–H groups in total. The molecule has 1 saturated heterocycles. The number of methoxy groups -OCH3 is 2. The van der Waals surface area contributed by atoms with E-state index in [4.69, 9.17) is 9.47 Å². The van der Waals surface area contributed by atoms with Crippen molar-refractivity contribution >= 4 is 5.97 Å². The van der Waals surface area contributed by atoms with E-state index in [2.05, 4.69) is 66.0 Å². The highest BCUT2D eigenvalue weighted by atomic mass is 16.5. The summed E-state index contributed by atoms with van der Waals surface area (Å²) in [6, 6.07) is 28.9. The second-order valence-electron chi connectivity index (χ2n) is 7.66. The lowest BCUT2D eigenvalue weighted by molar-refractivity contribution is -0.142. The monoisotopic (exact) mass is 401 g/mol. The lowest BCUT2D eigenvalue weighted by Gasteiger charge is -2.41. The quantitative estimate of drug-likeness (QED) is 0.497. The maximum absolute atomic E-state index is 12.3. The van der Waals surface area contributed by atoms with Gasteiger partial charge in [-0.05, 0) is 29.5 Å². The molecule has 154 valence electrons. The summed E-state index contributed by atoms with van der Waals surface area (Å²) >= 11 is 0. The molecule has 0 aromatic heterocycles. The van der Waals surface area contributed by atoms with Gasteiger partial charge in [0.1, 0.15) is 11.8 Å². The standard InChI is InChI=1S/C26H27NO3/c1-29-24-16-10-9-15-22(24)26(19-11-5-3-6-12-19,20-13-7-4-8-14-20)21-17-23(27-18-21)25(28)30-2/h3-16,21,23,27H,17-18H2,1-2H3/t21-,23+/m0/s1. The van der Waals surface area contributed by atoms with Gasteiger partial charge in [0.2, 0.25) is 0 Å². The predicted octanol–water partition coefficient (Wildman–Crippen LogP) is 4.18. The second-order valence-corrected chi connectivity index (χ2v) is 7.66. The molecular weight excluding hydrogens is 374 g/mol. The van der Waals surface area contributed by atoms with Crippen molar-refractivity contribution in [2.24, 2.45) is 5.92 Å². The van der Waals surface area contributed by atoms with E-state index in [-0.39, 0.29) is 17.9 Å². The highest BCUT2D eigenvalue weighted by Crippen LogP contribution is 2.50. The average molecular weight is 402 g/mol. The molecule has 0 radical (unpaired) electrons. The highest BCUT2D eigenvalue weighted by Gasteiger charge is 2.49. The van der Waals surface area contributed by atoms with Gasteiger partial charge in [0.05, 0.1) is 19.6 Å². The van der Waals surface area contributed by atoms with Crippen LogP contribution in [0.4, 0.5) is 0 Å². The minimum absolute atomic E-state index is 0.127. The van der Waals surface area contributed by atoms with Crippen LogP contribution in [0.2, 0.25) is 0 Å².